The van der Waals surface area contributed by atoms with E-state index < -0.39 is 22.0 Å². The van der Waals surface area contributed by atoms with E-state index in [0.29, 0.717) is 11.1 Å². The largest absolute Gasteiger partial charge is 0.340 e. The number of benzene rings is 3. The molecular formula is C25H26ClN3O4S. The number of anilines is 2. The standard InChI is InChI=1S/C25H26ClN3O4S/c1-16(2)23(28-24(30)18-9-5-4-6-10-18)25(31)27-19-14-13-17(3)22(15-19)34(32,33)29-21-12-8-7-11-20(21)26/h4-16,23,29H,1-3H3,(H,27,31)(H,28,30)/t23-/m0/s1. The zero-order valence-corrected chi connectivity index (χ0v) is 20.6. The monoisotopic (exact) mass is 499 g/mol. The molecule has 34 heavy (non-hydrogen) atoms. The third-order valence-corrected chi connectivity index (χ3v) is 6.97. The maximum Gasteiger partial charge on any atom is 0.262 e. The zero-order valence-electron chi connectivity index (χ0n) is 19.0. The summed E-state index contributed by atoms with van der Waals surface area (Å²) in [5.41, 5.74) is 1.47. The number of halogens is 1. The van der Waals surface area contributed by atoms with Crippen molar-refractivity contribution in [3.63, 3.8) is 0 Å². The van der Waals surface area contributed by atoms with Gasteiger partial charge in [0.25, 0.3) is 15.9 Å². The molecule has 0 aliphatic rings. The van der Waals surface area contributed by atoms with Crippen LogP contribution in [-0.2, 0) is 14.8 Å². The first-order valence-corrected chi connectivity index (χ1v) is 12.5. The summed E-state index contributed by atoms with van der Waals surface area (Å²) in [5.74, 6) is -1.03. The molecule has 0 radical (unpaired) electrons. The fourth-order valence-electron chi connectivity index (χ4n) is 3.28. The minimum Gasteiger partial charge on any atom is -0.340 e. The van der Waals surface area contributed by atoms with Gasteiger partial charge < -0.3 is 10.6 Å². The molecule has 0 aliphatic heterocycles. The number of carbonyl (C=O) groups excluding carboxylic acids is 2. The molecule has 0 spiro atoms. The highest BCUT2D eigenvalue weighted by Gasteiger charge is 2.26. The lowest BCUT2D eigenvalue weighted by Gasteiger charge is -2.22. The molecule has 0 unspecified atom stereocenters. The number of amides is 2. The number of hydrogen-bond donors (Lipinski definition) is 3. The smallest absolute Gasteiger partial charge is 0.262 e. The topological polar surface area (TPSA) is 104 Å². The van der Waals surface area contributed by atoms with Gasteiger partial charge in [-0.3, -0.25) is 14.3 Å². The fourth-order valence-corrected chi connectivity index (χ4v) is 4.87. The SMILES string of the molecule is Cc1ccc(NC(=O)[C@@H](NC(=O)c2ccccc2)C(C)C)cc1S(=O)(=O)Nc1ccccc1Cl. The van der Waals surface area contributed by atoms with Gasteiger partial charge >= 0.3 is 0 Å². The van der Waals surface area contributed by atoms with Crippen molar-refractivity contribution in [2.24, 2.45) is 5.92 Å². The second-order valence-corrected chi connectivity index (χ2v) is 10.2. The molecule has 3 N–H and O–H groups in total. The van der Waals surface area contributed by atoms with Gasteiger partial charge in [0.15, 0.2) is 0 Å². The van der Waals surface area contributed by atoms with Crippen LogP contribution < -0.4 is 15.4 Å². The van der Waals surface area contributed by atoms with Crippen LogP contribution in [0.5, 0.6) is 0 Å². The molecule has 2 amide bonds. The van der Waals surface area contributed by atoms with Gasteiger partial charge in [-0.1, -0.05) is 61.8 Å². The number of rotatable bonds is 8. The maximum absolute atomic E-state index is 13.0. The Hall–Kier alpha value is -3.36. The van der Waals surface area contributed by atoms with Crippen LogP contribution in [0.2, 0.25) is 5.02 Å². The second-order valence-electron chi connectivity index (χ2n) is 8.12. The van der Waals surface area contributed by atoms with E-state index in [1.807, 2.05) is 13.8 Å². The highest BCUT2D eigenvalue weighted by atomic mass is 35.5. The van der Waals surface area contributed by atoms with Crippen molar-refractivity contribution in [2.75, 3.05) is 10.0 Å². The summed E-state index contributed by atoms with van der Waals surface area (Å²) in [7, 11) is -3.97. The third-order valence-electron chi connectivity index (χ3n) is 5.14. The predicted molar refractivity (Wildman–Crippen MR) is 135 cm³/mol. The van der Waals surface area contributed by atoms with E-state index in [-0.39, 0.29) is 33.1 Å². The van der Waals surface area contributed by atoms with Gasteiger partial charge in [0, 0.05) is 11.3 Å². The number of sulfonamides is 1. The van der Waals surface area contributed by atoms with Crippen LogP contribution in [0.1, 0.15) is 29.8 Å². The van der Waals surface area contributed by atoms with E-state index in [9.17, 15) is 18.0 Å². The number of aryl methyl sites for hydroxylation is 1. The van der Waals surface area contributed by atoms with Gasteiger partial charge in [0.2, 0.25) is 5.91 Å². The van der Waals surface area contributed by atoms with Crippen LogP contribution >= 0.6 is 11.6 Å². The Morgan fingerprint density at radius 2 is 1.56 bits per heavy atom. The Morgan fingerprint density at radius 3 is 2.21 bits per heavy atom. The molecule has 0 fully saturated rings. The van der Waals surface area contributed by atoms with Crippen molar-refractivity contribution in [1.29, 1.82) is 0 Å². The molecular weight excluding hydrogens is 474 g/mol. The zero-order chi connectivity index (χ0) is 24.9. The van der Waals surface area contributed by atoms with Crippen LogP contribution in [-0.4, -0.2) is 26.3 Å². The highest BCUT2D eigenvalue weighted by Crippen LogP contribution is 2.27. The van der Waals surface area contributed by atoms with Crippen LogP contribution in [0.25, 0.3) is 0 Å². The normalized spacial score (nSPS) is 12.1. The summed E-state index contributed by atoms with van der Waals surface area (Å²) < 4.78 is 28.5. The van der Waals surface area contributed by atoms with Gasteiger partial charge in [-0.2, -0.15) is 0 Å². The number of carbonyl (C=O) groups is 2. The second kappa shape index (κ2) is 10.7. The molecule has 0 saturated heterocycles. The van der Waals surface area contributed by atoms with Gasteiger partial charge in [0.05, 0.1) is 15.6 Å². The van der Waals surface area contributed by atoms with Gasteiger partial charge in [-0.25, -0.2) is 8.42 Å². The third kappa shape index (κ3) is 6.15. The molecule has 0 aliphatic carbocycles. The average molecular weight is 500 g/mol. The fraction of sp³-hybridized carbons (Fsp3) is 0.200. The van der Waals surface area contributed by atoms with Crippen molar-refractivity contribution >= 4 is 44.8 Å². The molecule has 3 aromatic rings. The van der Waals surface area contributed by atoms with Crippen molar-refractivity contribution in [3.05, 3.63) is 88.9 Å². The quantitative estimate of drug-likeness (QED) is 0.412. The Balaban J connectivity index is 1.81. The lowest BCUT2D eigenvalue weighted by Crippen LogP contribution is -2.47. The molecule has 1 atom stereocenters. The van der Waals surface area contributed by atoms with Crippen molar-refractivity contribution in [2.45, 2.75) is 31.7 Å². The molecule has 7 nitrogen and oxygen atoms in total. The molecule has 3 aromatic carbocycles. The Kier molecular flexibility index (Phi) is 7.96. The Morgan fingerprint density at radius 1 is 0.912 bits per heavy atom. The molecule has 0 aromatic heterocycles. The number of para-hydroxylation sites is 1. The first kappa shape index (κ1) is 25.3. The number of nitrogens with one attached hydrogen (secondary N) is 3. The van der Waals surface area contributed by atoms with E-state index in [1.54, 1.807) is 73.7 Å². The summed E-state index contributed by atoms with van der Waals surface area (Å²) in [5, 5.41) is 5.74. The van der Waals surface area contributed by atoms with Crippen LogP contribution in [0.4, 0.5) is 11.4 Å². The van der Waals surface area contributed by atoms with E-state index >= 15 is 0 Å². The summed E-state index contributed by atoms with van der Waals surface area (Å²) in [6, 6.07) is 18.9. The van der Waals surface area contributed by atoms with Gasteiger partial charge in [-0.15, -0.1) is 0 Å². The molecule has 178 valence electrons. The highest BCUT2D eigenvalue weighted by molar-refractivity contribution is 7.92. The van der Waals surface area contributed by atoms with Crippen LogP contribution in [0.3, 0.4) is 0 Å². The average Bonchev–Trinajstić information content (AvgIpc) is 2.80. The summed E-state index contributed by atoms with van der Waals surface area (Å²) >= 11 is 6.09. The maximum atomic E-state index is 13.0. The molecule has 9 heteroatoms. The van der Waals surface area contributed by atoms with Crippen molar-refractivity contribution < 1.29 is 18.0 Å². The Labute approximate surface area is 204 Å². The van der Waals surface area contributed by atoms with E-state index in [2.05, 4.69) is 15.4 Å². The predicted octanol–water partition coefficient (Wildman–Crippen LogP) is 4.84. The van der Waals surface area contributed by atoms with Gasteiger partial charge in [-0.05, 0) is 54.8 Å². The number of hydrogen-bond acceptors (Lipinski definition) is 4. The van der Waals surface area contributed by atoms with E-state index in [4.69, 9.17) is 11.6 Å². The lowest BCUT2D eigenvalue weighted by atomic mass is 10.0. The lowest BCUT2D eigenvalue weighted by molar-refractivity contribution is -0.118. The van der Waals surface area contributed by atoms with E-state index in [1.165, 1.54) is 6.07 Å². The first-order valence-electron chi connectivity index (χ1n) is 10.6. The Bertz CT molecular complexity index is 1290. The van der Waals surface area contributed by atoms with Crippen molar-refractivity contribution in [1.82, 2.24) is 5.32 Å². The summed E-state index contributed by atoms with van der Waals surface area (Å²) in [4.78, 5) is 25.6. The minimum absolute atomic E-state index is 0.000335. The van der Waals surface area contributed by atoms with Gasteiger partial charge in [0.1, 0.15) is 6.04 Å². The van der Waals surface area contributed by atoms with E-state index in [0.717, 1.165) is 0 Å². The molecule has 0 heterocycles. The molecule has 3 rings (SSSR count). The van der Waals surface area contributed by atoms with Crippen LogP contribution in [0.15, 0.2) is 77.7 Å². The minimum atomic E-state index is -3.97. The van der Waals surface area contributed by atoms with Crippen molar-refractivity contribution in [3.8, 4) is 0 Å². The van der Waals surface area contributed by atoms with Crippen LogP contribution in [0, 0.1) is 12.8 Å². The summed E-state index contributed by atoms with van der Waals surface area (Å²) in [6.45, 7) is 5.28. The summed E-state index contributed by atoms with van der Waals surface area (Å²) in [6.07, 6.45) is 0. The molecule has 0 bridgehead atoms. The first-order chi connectivity index (χ1) is 16.1. The molecule has 0 saturated carbocycles.